The van der Waals surface area contributed by atoms with E-state index in [4.69, 9.17) is 28.3 Å². The molecule has 0 aromatic carbocycles. The molecule has 1 unspecified atom stereocenters. The summed E-state index contributed by atoms with van der Waals surface area (Å²) in [6.45, 7) is -0.420. The highest BCUT2D eigenvalue weighted by atomic mass is 35.5. The Morgan fingerprint density at radius 2 is 2.17 bits per heavy atom. The minimum Gasteiger partial charge on any atom is -0.479 e. The number of nitrogens with zero attached hydrogens (tertiary/aromatic N) is 1. The van der Waals surface area contributed by atoms with Crippen molar-refractivity contribution in [1.82, 2.24) is 4.90 Å². The molecule has 0 saturated carbocycles. The lowest BCUT2D eigenvalue weighted by molar-refractivity contribution is -0.149. The van der Waals surface area contributed by atoms with Crippen LogP contribution in [-0.2, 0) is 4.79 Å². The largest absolute Gasteiger partial charge is 0.479 e. The first-order chi connectivity index (χ1) is 8.33. The van der Waals surface area contributed by atoms with Crippen LogP contribution in [0, 0.1) is 0 Å². The van der Waals surface area contributed by atoms with Gasteiger partial charge in [0.25, 0.3) is 5.91 Å². The highest BCUT2D eigenvalue weighted by Gasteiger charge is 2.47. The molecule has 1 amide bonds. The van der Waals surface area contributed by atoms with Gasteiger partial charge in [-0.25, -0.2) is 9.18 Å². The third-order valence-electron chi connectivity index (χ3n) is 2.78. The number of aliphatic carboxylic acids is 1. The molecule has 1 saturated heterocycles. The van der Waals surface area contributed by atoms with Crippen molar-refractivity contribution in [3.63, 3.8) is 0 Å². The number of carboxylic acids is 1. The molecule has 1 aliphatic heterocycles. The molecule has 1 aromatic heterocycles. The topological polar surface area (TPSA) is 57.6 Å². The van der Waals surface area contributed by atoms with Gasteiger partial charge in [-0.2, -0.15) is 0 Å². The highest BCUT2D eigenvalue weighted by Crippen LogP contribution is 2.34. The molecule has 1 aliphatic rings. The number of carbonyl (C=O) groups is 2. The van der Waals surface area contributed by atoms with Crippen molar-refractivity contribution in [1.29, 1.82) is 0 Å². The maximum absolute atomic E-state index is 13.8. The molecule has 0 radical (unpaired) electrons. The standard InChI is InChI=1S/C10H8Cl2FNO3S/c11-6-3-5(7(12)18-6)8(15)14-2-1-10(13,4-14)9(16)17/h3H,1-2,4H2,(H,16,17). The zero-order valence-electron chi connectivity index (χ0n) is 8.95. The van der Waals surface area contributed by atoms with Crippen LogP contribution in [0.3, 0.4) is 0 Å². The number of carboxylic acid groups (broad SMARTS) is 1. The first-order valence-corrected chi connectivity index (χ1v) is 6.57. The molecule has 0 spiro atoms. The van der Waals surface area contributed by atoms with E-state index in [9.17, 15) is 14.0 Å². The number of amides is 1. The Balaban J connectivity index is 2.18. The molecule has 0 bridgehead atoms. The number of rotatable bonds is 2. The van der Waals surface area contributed by atoms with E-state index in [1.807, 2.05) is 0 Å². The van der Waals surface area contributed by atoms with E-state index in [1.165, 1.54) is 6.07 Å². The van der Waals surface area contributed by atoms with Crippen LogP contribution in [0.1, 0.15) is 16.8 Å². The third kappa shape index (κ3) is 2.32. The fourth-order valence-corrected chi connectivity index (χ4v) is 3.23. The van der Waals surface area contributed by atoms with E-state index in [1.54, 1.807) is 0 Å². The molecule has 0 aliphatic carbocycles. The van der Waals surface area contributed by atoms with Crippen molar-refractivity contribution >= 4 is 46.4 Å². The zero-order chi connectivity index (χ0) is 13.5. The molecule has 1 fully saturated rings. The van der Waals surface area contributed by atoms with Crippen molar-refractivity contribution in [2.75, 3.05) is 13.1 Å². The van der Waals surface area contributed by atoms with Crippen molar-refractivity contribution in [2.45, 2.75) is 12.1 Å². The SMILES string of the molecule is O=C(c1cc(Cl)sc1Cl)N1CCC(F)(C(=O)O)C1. The van der Waals surface area contributed by atoms with Crippen LogP contribution in [0.2, 0.25) is 8.67 Å². The van der Waals surface area contributed by atoms with Gasteiger partial charge >= 0.3 is 5.97 Å². The maximum atomic E-state index is 13.8. The third-order valence-corrected chi connectivity index (χ3v) is 4.26. The van der Waals surface area contributed by atoms with Gasteiger partial charge in [-0.15, -0.1) is 11.3 Å². The maximum Gasteiger partial charge on any atom is 0.343 e. The molecular formula is C10H8Cl2FNO3S. The number of hydrogen-bond donors (Lipinski definition) is 1. The summed E-state index contributed by atoms with van der Waals surface area (Å²) in [4.78, 5) is 23.9. The van der Waals surface area contributed by atoms with E-state index < -0.39 is 24.1 Å². The quantitative estimate of drug-likeness (QED) is 0.913. The van der Waals surface area contributed by atoms with Crippen LogP contribution >= 0.6 is 34.5 Å². The summed E-state index contributed by atoms with van der Waals surface area (Å²) in [7, 11) is 0. The monoisotopic (exact) mass is 311 g/mol. The lowest BCUT2D eigenvalue weighted by atomic mass is 10.1. The van der Waals surface area contributed by atoms with Crippen LogP contribution in [0.25, 0.3) is 0 Å². The van der Waals surface area contributed by atoms with E-state index >= 15 is 0 Å². The fourth-order valence-electron chi connectivity index (χ4n) is 1.78. The average Bonchev–Trinajstić information content (AvgIpc) is 2.82. The summed E-state index contributed by atoms with van der Waals surface area (Å²) in [6, 6.07) is 1.40. The van der Waals surface area contributed by atoms with Gasteiger partial charge in [-0.1, -0.05) is 23.2 Å². The van der Waals surface area contributed by atoms with Crippen LogP contribution < -0.4 is 0 Å². The molecule has 2 rings (SSSR count). The molecule has 98 valence electrons. The van der Waals surface area contributed by atoms with Gasteiger partial charge in [0.2, 0.25) is 5.67 Å². The predicted octanol–water partition coefficient (Wildman–Crippen LogP) is 2.69. The van der Waals surface area contributed by atoms with Crippen molar-refractivity contribution in [2.24, 2.45) is 0 Å². The molecule has 18 heavy (non-hydrogen) atoms. The molecule has 8 heteroatoms. The van der Waals surface area contributed by atoms with E-state index in [-0.39, 0.29) is 22.9 Å². The van der Waals surface area contributed by atoms with Gasteiger partial charge in [-0.05, 0) is 6.07 Å². The second-order valence-corrected chi connectivity index (χ2v) is 6.27. The number of likely N-dealkylation sites (tertiary alicyclic amines) is 1. The van der Waals surface area contributed by atoms with Crippen molar-refractivity contribution in [3.05, 3.63) is 20.3 Å². The van der Waals surface area contributed by atoms with Gasteiger partial charge in [-0.3, -0.25) is 4.79 Å². The number of thiophene rings is 1. The van der Waals surface area contributed by atoms with Gasteiger partial charge in [0.05, 0.1) is 16.4 Å². The summed E-state index contributed by atoms with van der Waals surface area (Å²) >= 11 is 12.6. The molecule has 2 heterocycles. The number of halogens is 3. The minimum absolute atomic E-state index is 0.0471. The second kappa shape index (κ2) is 4.68. The molecule has 4 nitrogen and oxygen atoms in total. The smallest absolute Gasteiger partial charge is 0.343 e. The fraction of sp³-hybridized carbons (Fsp3) is 0.400. The summed E-state index contributed by atoms with van der Waals surface area (Å²) < 4.78 is 14.4. The van der Waals surface area contributed by atoms with E-state index in [0.29, 0.717) is 4.34 Å². The van der Waals surface area contributed by atoms with E-state index in [0.717, 1.165) is 16.2 Å². The Morgan fingerprint density at radius 1 is 1.50 bits per heavy atom. The number of hydrogen-bond acceptors (Lipinski definition) is 3. The van der Waals surface area contributed by atoms with Crippen LogP contribution in [0.4, 0.5) is 4.39 Å². The molecular weight excluding hydrogens is 304 g/mol. The minimum atomic E-state index is -2.37. The zero-order valence-corrected chi connectivity index (χ0v) is 11.3. The van der Waals surface area contributed by atoms with Crippen LogP contribution in [0.5, 0.6) is 0 Å². The Morgan fingerprint density at radius 3 is 2.61 bits per heavy atom. The lowest BCUT2D eigenvalue weighted by Gasteiger charge is -2.17. The lowest BCUT2D eigenvalue weighted by Crippen LogP contribution is -2.38. The Bertz CT molecular complexity index is 521. The molecule has 1 aromatic rings. The van der Waals surface area contributed by atoms with Crippen LogP contribution in [-0.4, -0.2) is 40.6 Å². The van der Waals surface area contributed by atoms with E-state index in [2.05, 4.69) is 0 Å². The van der Waals surface area contributed by atoms with Crippen molar-refractivity contribution in [3.8, 4) is 0 Å². The summed E-state index contributed by atoms with van der Waals surface area (Å²) in [5, 5.41) is 8.74. The highest BCUT2D eigenvalue weighted by molar-refractivity contribution is 7.20. The summed E-state index contributed by atoms with van der Waals surface area (Å²) in [6.07, 6.45) is -0.219. The first-order valence-electron chi connectivity index (χ1n) is 5.00. The summed E-state index contributed by atoms with van der Waals surface area (Å²) in [5.41, 5.74) is -2.19. The molecule has 1 atom stereocenters. The molecule has 1 N–H and O–H groups in total. The Labute approximate surface area is 116 Å². The number of alkyl halides is 1. The second-order valence-electron chi connectivity index (χ2n) is 3.99. The first kappa shape index (κ1) is 13.6. The normalized spacial score (nSPS) is 23.4. The van der Waals surface area contributed by atoms with Gasteiger partial charge in [0, 0.05) is 13.0 Å². The number of carbonyl (C=O) groups excluding carboxylic acids is 1. The van der Waals surface area contributed by atoms with Gasteiger partial charge in [0.15, 0.2) is 0 Å². The van der Waals surface area contributed by atoms with Gasteiger partial charge in [0.1, 0.15) is 4.34 Å². The van der Waals surface area contributed by atoms with Gasteiger partial charge < -0.3 is 10.0 Å². The Hall–Kier alpha value is -0.850. The average molecular weight is 312 g/mol. The van der Waals surface area contributed by atoms with Crippen LogP contribution in [0.15, 0.2) is 6.07 Å². The van der Waals surface area contributed by atoms with Crippen molar-refractivity contribution < 1.29 is 19.1 Å². The predicted molar refractivity (Wildman–Crippen MR) is 66.3 cm³/mol. The Kier molecular flexibility index (Phi) is 3.53. The summed E-state index contributed by atoms with van der Waals surface area (Å²) in [5.74, 6) is -2.05.